The van der Waals surface area contributed by atoms with E-state index in [-0.39, 0.29) is 23.2 Å². The molecule has 1 atom stereocenters. The topological polar surface area (TPSA) is 94.8 Å². The van der Waals surface area contributed by atoms with E-state index in [9.17, 15) is 17.2 Å². The van der Waals surface area contributed by atoms with Crippen LogP contribution in [0.2, 0.25) is 0 Å². The largest absolute Gasteiger partial charge is 0.493 e. The number of hydrogen-bond acceptors (Lipinski definition) is 7. The summed E-state index contributed by atoms with van der Waals surface area (Å²) in [4.78, 5) is 4.13. The third-order valence-corrected chi connectivity index (χ3v) is 6.06. The van der Waals surface area contributed by atoms with E-state index in [4.69, 9.17) is 9.26 Å². The Balaban J connectivity index is 1.90. The highest BCUT2D eigenvalue weighted by Gasteiger charge is 2.41. The smallest absolute Gasteiger partial charge is 0.387 e. The standard InChI is InChI=1S/C14H15F2N3O5S/c1-19-6-5-11(25(19,20)21)13-17-12(18-24-13)8-3-4-9(23-14(15)16)10(7-8)22-2/h3-4,7,11,14H,5-6H2,1-2H3. The van der Waals surface area contributed by atoms with Gasteiger partial charge in [-0.05, 0) is 24.6 Å². The van der Waals surface area contributed by atoms with Crippen molar-refractivity contribution in [1.29, 1.82) is 0 Å². The molecule has 25 heavy (non-hydrogen) atoms. The molecule has 0 N–H and O–H groups in total. The monoisotopic (exact) mass is 375 g/mol. The first-order chi connectivity index (χ1) is 11.8. The molecule has 0 radical (unpaired) electrons. The zero-order chi connectivity index (χ0) is 18.2. The van der Waals surface area contributed by atoms with Crippen LogP contribution in [0, 0.1) is 0 Å². The highest BCUT2D eigenvalue weighted by Crippen LogP contribution is 2.36. The van der Waals surface area contributed by atoms with Crippen LogP contribution in [0.1, 0.15) is 17.6 Å². The lowest BCUT2D eigenvalue weighted by molar-refractivity contribution is -0.0512. The van der Waals surface area contributed by atoms with Crippen molar-refractivity contribution in [3.63, 3.8) is 0 Å². The molecule has 11 heteroatoms. The summed E-state index contributed by atoms with van der Waals surface area (Å²) in [5.41, 5.74) is 0.414. The molecular formula is C14H15F2N3O5S. The number of ether oxygens (including phenoxy) is 2. The summed E-state index contributed by atoms with van der Waals surface area (Å²) in [6.07, 6.45) is 0.352. The maximum Gasteiger partial charge on any atom is 0.387 e. The molecule has 0 bridgehead atoms. The van der Waals surface area contributed by atoms with Crippen LogP contribution in [-0.4, -0.2) is 50.2 Å². The van der Waals surface area contributed by atoms with Gasteiger partial charge in [0.25, 0.3) is 0 Å². The van der Waals surface area contributed by atoms with Crippen molar-refractivity contribution in [3.8, 4) is 22.9 Å². The highest BCUT2D eigenvalue weighted by molar-refractivity contribution is 7.89. The van der Waals surface area contributed by atoms with Gasteiger partial charge >= 0.3 is 6.61 Å². The van der Waals surface area contributed by atoms with Crippen LogP contribution < -0.4 is 9.47 Å². The molecular weight excluding hydrogens is 360 g/mol. The summed E-state index contributed by atoms with van der Waals surface area (Å²) < 4.78 is 64.8. The summed E-state index contributed by atoms with van der Waals surface area (Å²) in [5.74, 6) is 0.0511. The van der Waals surface area contributed by atoms with Crippen molar-refractivity contribution in [2.75, 3.05) is 20.7 Å². The first kappa shape index (κ1) is 17.5. The third-order valence-electron chi connectivity index (χ3n) is 3.86. The minimum absolute atomic E-state index is 0.00813. The van der Waals surface area contributed by atoms with E-state index in [0.717, 1.165) is 0 Å². The zero-order valence-electron chi connectivity index (χ0n) is 13.3. The number of rotatable bonds is 5. The molecule has 1 saturated heterocycles. The van der Waals surface area contributed by atoms with E-state index in [1.165, 1.54) is 36.7 Å². The van der Waals surface area contributed by atoms with Crippen LogP contribution >= 0.6 is 0 Å². The fourth-order valence-electron chi connectivity index (χ4n) is 2.53. The number of hydrogen-bond donors (Lipinski definition) is 0. The van der Waals surface area contributed by atoms with Crippen LogP contribution in [0.4, 0.5) is 8.78 Å². The molecule has 0 aliphatic carbocycles. The number of sulfonamides is 1. The van der Waals surface area contributed by atoms with Gasteiger partial charge in [-0.25, -0.2) is 12.7 Å². The highest BCUT2D eigenvalue weighted by atomic mass is 32.2. The number of halogens is 2. The van der Waals surface area contributed by atoms with E-state index in [2.05, 4.69) is 14.9 Å². The van der Waals surface area contributed by atoms with Crippen LogP contribution in [0.15, 0.2) is 22.7 Å². The summed E-state index contributed by atoms with van der Waals surface area (Å²) in [7, 11) is -0.721. The maximum absolute atomic E-state index is 12.4. The Morgan fingerprint density at radius 1 is 1.36 bits per heavy atom. The van der Waals surface area contributed by atoms with E-state index < -0.39 is 21.9 Å². The maximum atomic E-state index is 12.4. The molecule has 1 aromatic carbocycles. The average molecular weight is 375 g/mol. The molecule has 8 nitrogen and oxygen atoms in total. The molecule has 1 aliphatic heterocycles. The van der Waals surface area contributed by atoms with Gasteiger partial charge in [0.2, 0.25) is 21.7 Å². The third kappa shape index (κ3) is 3.29. The predicted molar refractivity (Wildman–Crippen MR) is 81.8 cm³/mol. The molecule has 2 aromatic rings. The number of aromatic nitrogens is 2. The number of alkyl halides is 2. The van der Waals surface area contributed by atoms with E-state index in [1.54, 1.807) is 0 Å². The van der Waals surface area contributed by atoms with E-state index >= 15 is 0 Å². The molecule has 0 spiro atoms. The normalized spacial score (nSPS) is 20.1. The lowest BCUT2D eigenvalue weighted by Gasteiger charge is -2.10. The fourth-order valence-corrected chi connectivity index (χ4v) is 4.07. The van der Waals surface area contributed by atoms with Crippen molar-refractivity contribution in [1.82, 2.24) is 14.4 Å². The van der Waals surface area contributed by atoms with Gasteiger partial charge in [-0.15, -0.1) is 0 Å². The molecule has 2 heterocycles. The Hall–Kier alpha value is -2.27. The van der Waals surface area contributed by atoms with Gasteiger partial charge in [-0.2, -0.15) is 13.8 Å². The molecule has 1 aromatic heterocycles. The van der Waals surface area contributed by atoms with E-state index in [1.807, 2.05) is 0 Å². The second kappa shape index (κ2) is 6.56. The fraction of sp³-hybridized carbons (Fsp3) is 0.429. The Bertz CT molecular complexity index is 871. The Labute approximate surface area is 142 Å². The molecule has 1 aliphatic rings. The van der Waals surface area contributed by atoms with Crippen LogP contribution in [-0.2, 0) is 10.0 Å². The lowest BCUT2D eigenvalue weighted by atomic mass is 10.2. The second-order valence-electron chi connectivity index (χ2n) is 5.34. The van der Waals surface area contributed by atoms with Crippen molar-refractivity contribution in [2.24, 2.45) is 0 Å². The lowest BCUT2D eigenvalue weighted by Crippen LogP contribution is -2.22. The minimum atomic E-state index is -3.51. The minimum Gasteiger partial charge on any atom is -0.493 e. The van der Waals surface area contributed by atoms with Crippen LogP contribution in [0.3, 0.4) is 0 Å². The molecule has 0 amide bonds. The average Bonchev–Trinajstić information content (AvgIpc) is 3.13. The summed E-state index contributed by atoms with van der Waals surface area (Å²) in [6, 6.07) is 4.14. The van der Waals surface area contributed by atoms with Crippen molar-refractivity contribution >= 4 is 10.0 Å². The van der Waals surface area contributed by atoms with Crippen molar-refractivity contribution in [3.05, 3.63) is 24.1 Å². The number of benzene rings is 1. The first-order valence-electron chi connectivity index (χ1n) is 7.25. The van der Waals surface area contributed by atoms with E-state index in [0.29, 0.717) is 18.5 Å². The van der Waals surface area contributed by atoms with Gasteiger partial charge in [-0.1, -0.05) is 5.16 Å². The van der Waals surface area contributed by atoms with Crippen LogP contribution in [0.25, 0.3) is 11.4 Å². The van der Waals surface area contributed by atoms with Gasteiger partial charge in [-0.3, -0.25) is 0 Å². The molecule has 0 saturated carbocycles. The van der Waals surface area contributed by atoms with Crippen molar-refractivity contribution in [2.45, 2.75) is 18.3 Å². The van der Waals surface area contributed by atoms with Gasteiger partial charge in [0.1, 0.15) is 0 Å². The molecule has 1 unspecified atom stereocenters. The molecule has 136 valence electrons. The number of methoxy groups -OCH3 is 1. The summed E-state index contributed by atoms with van der Waals surface area (Å²) >= 11 is 0. The van der Waals surface area contributed by atoms with Gasteiger partial charge < -0.3 is 14.0 Å². The van der Waals surface area contributed by atoms with Gasteiger partial charge in [0, 0.05) is 19.2 Å². The zero-order valence-corrected chi connectivity index (χ0v) is 14.2. The predicted octanol–water partition coefficient (Wildman–Crippen LogP) is 2.05. The van der Waals surface area contributed by atoms with Crippen LogP contribution in [0.5, 0.6) is 11.5 Å². The van der Waals surface area contributed by atoms with Gasteiger partial charge in [0.05, 0.1) is 7.11 Å². The summed E-state index contributed by atoms with van der Waals surface area (Å²) in [5, 5.41) is 2.89. The van der Waals surface area contributed by atoms with Crippen molar-refractivity contribution < 1.29 is 31.2 Å². The first-order valence-corrected chi connectivity index (χ1v) is 8.75. The second-order valence-corrected chi connectivity index (χ2v) is 7.57. The molecule has 1 fully saturated rings. The Morgan fingerprint density at radius 3 is 2.72 bits per heavy atom. The Kier molecular flexibility index (Phi) is 4.60. The number of nitrogens with zero attached hydrogens (tertiary/aromatic N) is 3. The molecule has 3 rings (SSSR count). The summed E-state index contributed by atoms with van der Waals surface area (Å²) in [6.45, 7) is -2.61. The van der Waals surface area contributed by atoms with Gasteiger partial charge in [0.15, 0.2) is 16.7 Å². The Morgan fingerprint density at radius 2 is 2.12 bits per heavy atom. The quantitative estimate of drug-likeness (QED) is 0.789. The SMILES string of the molecule is COc1cc(-c2noc(C3CCN(C)S3(=O)=O)n2)ccc1OC(F)F.